The van der Waals surface area contributed by atoms with Crippen molar-refractivity contribution in [1.29, 1.82) is 0 Å². The molecule has 0 saturated carbocycles. The number of pyridine rings is 1. The molecular weight excluding hydrogens is 366 g/mol. The molecule has 2 N–H and O–H groups in total. The molecule has 1 aromatic heterocycles. The summed E-state index contributed by atoms with van der Waals surface area (Å²) in [5.74, 6) is 0.367. The van der Waals surface area contributed by atoms with Gasteiger partial charge in [-0.2, -0.15) is 13.2 Å². The van der Waals surface area contributed by atoms with E-state index in [0.29, 0.717) is 44.0 Å². The second kappa shape index (κ2) is 7.64. The molecule has 0 unspecified atom stereocenters. The van der Waals surface area contributed by atoms with Gasteiger partial charge in [-0.3, -0.25) is 0 Å². The van der Waals surface area contributed by atoms with E-state index in [9.17, 15) is 18.3 Å². The molecule has 0 bridgehead atoms. The highest BCUT2D eigenvalue weighted by atomic mass is 35.5. The summed E-state index contributed by atoms with van der Waals surface area (Å²) in [5.41, 5.74) is -1.01. The number of halogens is 5. The molecule has 138 valence electrons. The number of piperidine rings is 2. The molecule has 3 heterocycles. The Morgan fingerprint density at radius 2 is 2.00 bits per heavy atom. The number of aryl methyl sites for hydroxylation is 1. The zero-order valence-corrected chi connectivity index (χ0v) is 14.9. The van der Waals surface area contributed by atoms with Crippen molar-refractivity contribution in [3.8, 4) is 0 Å². The third kappa shape index (κ3) is 4.25. The van der Waals surface area contributed by atoms with Gasteiger partial charge in [0.05, 0.1) is 11.2 Å². The van der Waals surface area contributed by atoms with Gasteiger partial charge in [-0.1, -0.05) is 0 Å². The molecule has 0 aliphatic carbocycles. The Bertz CT molecular complexity index is 573. The highest BCUT2D eigenvalue weighted by Gasteiger charge is 2.43. The predicted molar refractivity (Wildman–Crippen MR) is 91.2 cm³/mol. The van der Waals surface area contributed by atoms with Crippen LogP contribution in [0, 0.1) is 12.8 Å². The van der Waals surface area contributed by atoms with E-state index in [1.165, 1.54) is 0 Å². The maximum absolute atomic E-state index is 12.9. The van der Waals surface area contributed by atoms with Crippen molar-refractivity contribution >= 4 is 30.6 Å². The standard InChI is InChI=1S/C15H20F3N3O.2ClH/c1-10-6-11(15(16,17)18)7-13(20-10)21-5-3-14(22)2-4-19-8-12(14)9-21;;/h6-7,12,19,22H,2-5,8-9H2,1H3;2*1H/t12-,14-;;/m0../s1. The molecule has 2 fully saturated rings. The van der Waals surface area contributed by atoms with Crippen LogP contribution in [0.15, 0.2) is 12.1 Å². The molecular formula is C15H22Cl2F3N3O. The Morgan fingerprint density at radius 1 is 1.29 bits per heavy atom. The molecule has 2 saturated heterocycles. The minimum absolute atomic E-state index is 0. The third-order valence-electron chi connectivity index (χ3n) is 4.73. The van der Waals surface area contributed by atoms with Gasteiger partial charge in [0, 0.05) is 31.2 Å². The molecule has 1 aromatic rings. The first-order chi connectivity index (χ1) is 10.3. The van der Waals surface area contributed by atoms with Crippen molar-refractivity contribution in [2.24, 2.45) is 5.92 Å². The number of nitrogens with one attached hydrogen (secondary N) is 1. The van der Waals surface area contributed by atoms with Crippen molar-refractivity contribution in [1.82, 2.24) is 10.3 Å². The molecule has 24 heavy (non-hydrogen) atoms. The van der Waals surface area contributed by atoms with Gasteiger partial charge in [-0.25, -0.2) is 4.98 Å². The topological polar surface area (TPSA) is 48.4 Å². The third-order valence-corrected chi connectivity index (χ3v) is 4.73. The lowest BCUT2D eigenvalue weighted by Crippen LogP contribution is -2.59. The fourth-order valence-corrected chi connectivity index (χ4v) is 3.41. The van der Waals surface area contributed by atoms with E-state index in [4.69, 9.17) is 0 Å². The molecule has 0 spiro atoms. The lowest BCUT2D eigenvalue weighted by molar-refractivity contribution is -0.137. The van der Waals surface area contributed by atoms with Crippen LogP contribution < -0.4 is 10.2 Å². The molecule has 9 heteroatoms. The molecule has 3 rings (SSSR count). The van der Waals surface area contributed by atoms with Gasteiger partial charge in [-0.15, -0.1) is 24.8 Å². The second-order valence-electron chi connectivity index (χ2n) is 6.30. The van der Waals surface area contributed by atoms with E-state index in [-0.39, 0.29) is 30.7 Å². The molecule has 2 aliphatic rings. The molecule has 4 nitrogen and oxygen atoms in total. The number of alkyl halides is 3. The van der Waals surface area contributed by atoms with Gasteiger partial charge in [-0.05, 0) is 38.4 Å². The molecule has 0 radical (unpaired) electrons. The monoisotopic (exact) mass is 387 g/mol. The second-order valence-corrected chi connectivity index (χ2v) is 6.30. The maximum Gasteiger partial charge on any atom is 0.416 e. The molecule has 0 amide bonds. The Hall–Kier alpha value is -0.760. The van der Waals surface area contributed by atoms with Crippen molar-refractivity contribution in [3.05, 3.63) is 23.4 Å². The van der Waals surface area contributed by atoms with E-state index in [1.807, 2.05) is 4.90 Å². The molecule has 2 atom stereocenters. The van der Waals surface area contributed by atoms with E-state index in [0.717, 1.165) is 18.7 Å². The van der Waals surface area contributed by atoms with E-state index >= 15 is 0 Å². The number of nitrogens with zero attached hydrogens (tertiary/aromatic N) is 2. The number of aromatic nitrogens is 1. The Kier molecular flexibility index (Phi) is 6.77. The minimum Gasteiger partial charge on any atom is -0.389 e. The number of anilines is 1. The number of hydrogen-bond donors (Lipinski definition) is 2. The summed E-state index contributed by atoms with van der Waals surface area (Å²) in [6.07, 6.45) is -3.11. The zero-order chi connectivity index (χ0) is 16.0. The lowest BCUT2D eigenvalue weighted by atomic mass is 9.76. The summed E-state index contributed by atoms with van der Waals surface area (Å²) in [7, 11) is 0. The predicted octanol–water partition coefficient (Wildman–Crippen LogP) is 2.80. The van der Waals surface area contributed by atoms with Crippen LogP contribution in [0.4, 0.5) is 19.0 Å². The fourth-order valence-electron chi connectivity index (χ4n) is 3.41. The Labute approximate surface area is 151 Å². The highest BCUT2D eigenvalue weighted by molar-refractivity contribution is 5.85. The van der Waals surface area contributed by atoms with Crippen LogP contribution in [0.1, 0.15) is 24.1 Å². The first kappa shape index (κ1) is 21.3. The quantitative estimate of drug-likeness (QED) is 0.777. The maximum atomic E-state index is 12.9. The largest absolute Gasteiger partial charge is 0.416 e. The Morgan fingerprint density at radius 3 is 2.67 bits per heavy atom. The first-order valence-electron chi connectivity index (χ1n) is 7.52. The lowest BCUT2D eigenvalue weighted by Gasteiger charge is -2.48. The van der Waals surface area contributed by atoms with Crippen LogP contribution in [-0.4, -0.2) is 41.9 Å². The van der Waals surface area contributed by atoms with Gasteiger partial charge in [0.1, 0.15) is 5.82 Å². The molecule has 2 aliphatic heterocycles. The average molecular weight is 388 g/mol. The van der Waals surface area contributed by atoms with Crippen molar-refractivity contribution in [2.75, 3.05) is 31.1 Å². The van der Waals surface area contributed by atoms with Gasteiger partial charge < -0.3 is 15.3 Å². The van der Waals surface area contributed by atoms with E-state index in [2.05, 4.69) is 10.3 Å². The van der Waals surface area contributed by atoms with E-state index in [1.54, 1.807) is 6.92 Å². The summed E-state index contributed by atoms with van der Waals surface area (Å²) < 4.78 is 38.8. The van der Waals surface area contributed by atoms with Gasteiger partial charge in [0.2, 0.25) is 0 Å². The smallest absolute Gasteiger partial charge is 0.389 e. The van der Waals surface area contributed by atoms with Crippen LogP contribution in [0.3, 0.4) is 0 Å². The normalized spacial score (nSPS) is 26.9. The SMILES string of the molecule is Cc1cc(C(F)(F)F)cc(N2CC[C@@]3(O)CCNC[C@H]3C2)n1.Cl.Cl. The van der Waals surface area contributed by atoms with Gasteiger partial charge in [0.15, 0.2) is 0 Å². The number of fused-ring (bicyclic) bond motifs is 1. The fraction of sp³-hybridized carbons (Fsp3) is 0.667. The van der Waals surface area contributed by atoms with Gasteiger partial charge >= 0.3 is 6.18 Å². The minimum atomic E-state index is -4.37. The van der Waals surface area contributed by atoms with Gasteiger partial charge in [0.25, 0.3) is 0 Å². The van der Waals surface area contributed by atoms with Crippen LogP contribution in [-0.2, 0) is 6.18 Å². The molecule has 0 aromatic carbocycles. The highest BCUT2D eigenvalue weighted by Crippen LogP contribution is 2.36. The number of rotatable bonds is 1. The van der Waals surface area contributed by atoms with Crippen LogP contribution in [0.25, 0.3) is 0 Å². The first-order valence-corrected chi connectivity index (χ1v) is 7.52. The van der Waals surface area contributed by atoms with E-state index < -0.39 is 17.3 Å². The van der Waals surface area contributed by atoms with Crippen LogP contribution in [0.5, 0.6) is 0 Å². The van der Waals surface area contributed by atoms with Crippen molar-refractivity contribution in [3.63, 3.8) is 0 Å². The summed E-state index contributed by atoms with van der Waals surface area (Å²) >= 11 is 0. The van der Waals surface area contributed by atoms with Crippen molar-refractivity contribution in [2.45, 2.75) is 31.5 Å². The number of hydrogen-bond acceptors (Lipinski definition) is 4. The summed E-state index contributed by atoms with van der Waals surface area (Å²) in [6, 6.07) is 2.17. The zero-order valence-electron chi connectivity index (χ0n) is 13.3. The summed E-state index contributed by atoms with van der Waals surface area (Å²) in [6.45, 7) is 4.10. The number of aliphatic hydroxyl groups is 1. The Balaban J connectivity index is 0.00000144. The summed E-state index contributed by atoms with van der Waals surface area (Å²) in [5, 5.41) is 13.9. The van der Waals surface area contributed by atoms with Crippen molar-refractivity contribution < 1.29 is 18.3 Å². The van der Waals surface area contributed by atoms with Crippen LogP contribution >= 0.6 is 24.8 Å². The van der Waals surface area contributed by atoms with Crippen LogP contribution in [0.2, 0.25) is 0 Å². The summed E-state index contributed by atoms with van der Waals surface area (Å²) in [4.78, 5) is 6.11. The average Bonchev–Trinajstić information content (AvgIpc) is 2.44.